The van der Waals surface area contributed by atoms with Gasteiger partial charge in [0.15, 0.2) is 0 Å². The van der Waals surface area contributed by atoms with Gasteiger partial charge in [-0.25, -0.2) is 0 Å². The molecule has 2 aromatic rings. The Bertz CT molecular complexity index is 528. The van der Waals surface area contributed by atoms with Gasteiger partial charge in [0, 0.05) is 30.4 Å². The van der Waals surface area contributed by atoms with Gasteiger partial charge in [-0.1, -0.05) is 31.2 Å². The van der Waals surface area contributed by atoms with Gasteiger partial charge in [0.1, 0.15) is 5.75 Å². The minimum atomic E-state index is 0.305. The quantitative estimate of drug-likeness (QED) is 0.801. The largest absolute Gasteiger partial charge is 0.493 e. The summed E-state index contributed by atoms with van der Waals surface area (Å²) in [6.07, 6.45) is 5.69. The first-order chi connectivity index (χ1) is 10.3. The van der Waals surface area contributed by atoms with E-state index in [4.69, 9.17) is 4.74 Å². The molecule has 0 spiro atoms. The van der Waals surface area contributed by atoms with Crippen LogP contribution in [0.5, 0.6) is 5.75 Å². The van der Waals surface area contributed by atoms with Gasteiger partial charge in [-0.3, -0.25) is 4.98 Å². The van der Waals surface area contributed by atoms with E-state index in [1.165, 1.54) is 11.1 Å². The molecular formula is C18H24N2O. The lowest BCUT2D eigenvalue weighted by Gasteiger charge is -2.18. The van der Waals surface area contributed by atoms with Crippen molar-refractivity contribution < 1.29 is 4.74 Å². The maximum atomic E-state index is 5.97. The van der Waals surface area contributed by atoms with Crippen molar-refractivity contribution in [3.63, 3.8) is 0 Å². The lowest BCUT2D eigenvalue weighted by molar-refractivity contribution is 0.315. The van der Waals surface area contributed by atoms with Crippen molar-refractivity contribution in [2.75, 3.05) is 13.2 Å². The third kappa shape index (κ3) is 4.87. The van der Waals surface area contributed by atoms with Gasteiger partial charge >= 0.3 is 0 Å². The van der Waals surface area contributed by atoms with Crippen LogP contribution in [0, 0.1) is 0 Å². The minimum Gasteiger partial charge on any atom is -0.493 e. The van der Waals surface area contributed by atoms with Gasteiger partial charge in [0.2, 0.25) is 0 Å². The lowest BCUT2D eigenvalue weighted by atomic mass is 10.1. The van der Waals surface area contributed by atoms with Gasteiger partial charge < -0.3 is 10.1 Å². The summed E-state index contributed by atoms with van der Waals surface area (Å²) < 4.78 is 5.97. The molecule has 1 aromatic carbocycles. The second-order valence-corrected chi connectivity index (χ2v) is 5.17. The van der Waals surface area contributed by atoms with Crippen LogP contribution in [0.25, 0.3) is 0 Å². The minimum absolute atomic E-state index is 0.305. The number of nitrogens with one attached hydrogen (secondary N) is 1. The molecular weight excluding hydrogens is 260 g/mol. The maximum Gasteiger partial charge on any atom is 0.124 e. The van der Waals surface area contributed by atoms with Crippen molar-refractivity contribution in [2.45, 2.75) is 32.7 Å². The Hall–Kier alpha value is -1.87. The van der Waals surface area contributed by atoms with Crippen LogP contribution in [0.3, 0.4) is 0 Å². The summed E-state index contributed by atoms with van der Waals surface area (Å²) in [7, 11) is 0. The van der Waals surface area contributed by atoms with Crippen molar-refractivity contribution in [2.24, 2.45) is 0 Å². The Labute approximate surface area is 127 Å². The molecule has 2 rings (SSSR count). The molecule has 0 fully saturated rings. The van der Waals surface area contributed by atoms with Gasteiger partial charge in [-0.2, -0.15) is 0 Å². The van der Waals surface area contributed by atoms with Gasteiger partial charge in [0.05, 0.1) is 6.61 Å². The Morgan fingerprint density at radius 3 is 2.81 bits per heavy atom. The van der Waals surface area contributed by atoms with E-state index in [2.05, 4.69) is 42.3 Å². The van der Waals surface area contributed by atoms with Crippen LogP contribution in [0.4, 0.5) is 0 Å². The zero-order valence-corrected chi connectivity index (χ0v) is 12.9. The van der Waals surface area contributed by atoms with Crippen molar-refractivity contribution in [1.82, 2.24) is 10.3 Å². The number of hydrogen-bond acceptors (Lipinski definition) is 3. The molecule has 0 radical (unpaired) electrons. The maximum absolute atomic E-state index is 5.97. The average molecular weight is 284 g/mol. The van der Waals surface area contributed by atoms with Crippen LogP contribution in [0.2, 0.25) is 0 Å². The molecule has 0 aliphatic heterocycles. The number of rotatable bonds is 8. The summed E-state index contributed by atoms with van der Waals surface area (Å²) in [5.41, 5.74) is 2.42. The van der Waals surface area contributed by atoms with Crippen LogP contribution >= 0.6 is 0 Å². The highest BCUT2D eigenvalue weighted by molar-refractivity contribution is 5.35. The fourth-order valence-electron chi connectivity index (χ4n) is 2.27. The Balaban J connectivity index is 1.93. The molecule has 1 N–H and O–H groups in total. The summed E-state index contributed by atoms with van der Waals surface area (Å²) in [6, 6.07) is 12.6. The molecule has 0 saturated carbocycles. The first-order valence-corrected chi connectivity index (χ1v) is 7.65. The van der Waals surface area contributed by atoms with Gasteiger partial charge in [0.25, 0.3) is 0 Å². The molecule has 21 heavy (non-hydrogen) atoms. The summed E-state index contributed by atoms with van der Waals surface area (Å²) >= 11 is 0. The van der Waals surface area contributed by atoms with Crippen LogP contribution in [0.15, 0.2) is 48.8 Å². The monoisotopic (exact) mass is 284 g/mol. The molecule has 1 atom stereocenters. The van der Waals surface area contributed by atoms with Crippen molar-refractivity contribution in [3.05, 3.63) is 59.9 Å². The number of para-hydroxylation sites is 1. The lowest BCUT2D eigenvalue weighted by Crippen LogP contribution is -2.20. The molecule has 1 heterocycles. The molecule has 0 bridgehead atoms. The molecule has 1 unspecified atom stereocenters. The zero-order chi connectivity index (χ0) is 14.9. The molecule has 0 saturated heterocycles. The molecule has 3 heteroatoms. The van der Waals surface area contributed by atoms with Crippen molar-refractivity contribution in [3.8, 4) is 5.75 Å². The highest BCUT2D eigenvalue weighted by Gasteiger charge is 2.10. The second kappa shape index (κ2) is 8.42. The van der Waals surface area contributed by atoms with Gasteiger partial charge in [-0.05, 0) is 37.6 Å². The van der Waals surface area contributed by atoms with Gasteiger partial charge in [-0.15, -0.1) is 0 Å². The molecule has 3 nitrogen and oxygen atoms in total. The Kier molecular flexibility index (Phi) is 6.22. The van der Waals surface area contributed by atoms with Crippen LogP contribution in [-0.4, -0.2) is 18.1 Å². The van der Waals surface area contributed by atoms with Crippen LogP contribution < -0.4 is 10.1 Å². The smallest absolute Gasteiger partial charge is 0.124 e. The van der Waals surface area contributed by atoms with E-state index in [-0.39, 0.29) is 0 Å². The molecule has 0 aliphatic rings. The normalized spacial score (nSPS) is 12.1. The van der Waals surface area contributed by atoms with E-state index < -0.39 is 0 Å². The predicted octanol–water partition coefficient (Wildman–Crippen LogP) is 3.76. The van der Waals surface area contributed by atoms with Crippen molar-refractivity contribution >= 4 is 0 Å². The molecule has 112 valence electrons. The first kappa shape index (κ1) is 15.5. The third-order valence-electron chi connectivity index (χ3n) is 3.46. The SMILES string of the molecule is CCCNC(C)c1ccccc1OCCc1cccnc1. The average Bonchev–Trinajstić information content (AvgIpc) is 2.54. The van der Waals surface area contributed by atoms with Crippen molar-refractivity contribution in [1.29, 1.82) is 0 Å². The van der Waals surface area contributed by atoms with E-state index in [0.29, 0.717) is 12.6 Å². The van der Waals surface area contributed by atoms with Crippen LogP contribution in [0.1, 0.15) is 37.4 Å². The summed E-state index contributed by atoms with van der Waals surface area (Å²) in [4.78, 5) is 4.12. The molecule has 1 aromatic heterocycles. The number of aromatic nitrogens is 1. The van der Waals surface area contributed by atoms with E-state index in [1.807, 2.05) is 24.4 Å². The fraction of sp³-hybridized carbons (Fsp3) is 0.389. The van der Waals surface area contributed by atoms with E-state index in [1.54, 1.807) is 6.20 Å². The summed E-state index contributed by atoms with van der Waals surface area (Å²) in [5, 5.41) is 3.51. The topological polar surface area (TPSA) is 34.1 Å². The standard InChI is InChI=1S/C18H24N2O/c1-3-11-20-15(2)17-8-4-5-9-18(17)21-13-10-16-7-6-12-19-14-16/h4-9,12,14-15,20H,3,10-11,13H2,1-2H3. The Morgan fingerprint density at radius 2 is 2.05 bits per heavy atom. The van der Waals surface area contributed by atoms with E-state index in [9.17, 15) is 0 Å². The highest BCUT2D eigenvalue weighted by atomic mass is 16.5. The first-order valence-electron chi connectivity index (χ1n) is 7.65. The molecule has 0 aliphatic carbocycles. The summed E-state index contributed by atoms with van der Waals surface area (Å²) in [6.45, 7) is 6.05. The Morgan fingerprint density at radius 1 is 1.19 bits per heavy atom. The second-order valence-electron chi connectivity index (χ2n) is 5.17. The van der Waals surface area contributed by atoms with E-state index >= 15 is 0 Å². The molecule has 0 amide bonds. The number of pyridine rings is 1. The van der Waals surface area contributed by atoms with E-state index in [0.717, 1.165) is 25.1 Å². The zero-order valence-electron chi connectivity index (χ0n) is 12.9. The number of nitrogens with zero attached hydrogens (tertiary/aromatic N) is 1. The third-order valence-corrected chi connectivity index (χ3v) is 3.46. The fourth-order valence-corrected chi connectivity index (χ4v) is 2.27. The number of ether oxygens (including phenoxy) is 1. The summed E-state index contributed by atoms with van der Waals surface area (Å²) in [5.74, 6) is 0.970. The van der Waals surface area contributed by atoms with Crippen LogP contribution in [-0.2, 0) is 6.42 Å². The number of hydrogen-bond donors (Lipinski definition) is 1. The number of benzene rings is 1. The highest BCUT2D eigenvalue weighted by Crippen LogP contribution is 2.24. The predicted molar refractivity (Wildman–Crippen MR) is 86.6 cm³/mol.